The van der Waals surface area contributed by atoms with Gasteiger partial charge in [-0.15, -0.1) is 11.3 Å². The van der Waals surface area contributed by atoms with E-state index in [1.807, 2.05) is 0 Å². The van der Waals surface area contributed by atoms with Crippen molar-refractivity contribution >= 4 is 32.3 Å². The molecule has 18 heavy (non-hydrogen) atoms. The summed E-state index contributed by atoms with van der Waals surface area (Å²) in [4.78, 5) is 4.95. The predicted octanol–water partition coefficient (Wildman–Crippen LogP) is 2.63. The van der Waals surface area contributed by atoms with Gasteiger partial charge in [0.1, 0.15) is 0 Å². The summed E-state index contributed by atoms with van der Waals surface area (Å²) < 4.78 is 1.18. The first-order valence-corrected chi connectivity index (χ1v) is 8.24. The Morgan fingerprint density at radius 3 is 2.83 bits per heavy atom. The summed E-state index contributed by atoms with van der Waals surface area (Å²) >= 11 is 5.31. The second-order valence-electron chi connectivity index (χ2n) is 4.95. The van der Waals surface area contributed by atoms with Crippen molar-refractivity contribution in [2.24, 2.45) is 0 Å². The monoisotopic (exact) mass is 331 g/mol. The summed E-state index contributed by atoms with van der Waals surface area (Å²) in [6, 6.07) is 2.87. The van der Waals surface area contributed by atoms with Gasteiger partial charge in [-0.05, 0) is 35.3 Å². The molecule has 1 aromatic heterocycles. The first-order valence-electron chi connectivity index (χ1n) is 6.57. The van der Waals surface area contributed by atoms with Crippen LogP contribution in [0, 0.1) is 0 Å². The van der Waals surface area contributed by atoms with E-state index in [1.54, 1.807) is 11.3 Å². The molecule has 2 rings (SSSR count). The molecule has 1 aliphatic rings. The Morgan fingerprint density at radius 2 is 2.22 bits per heavy atom. The topological polar surface area (TPSA) is 18.5 Å². The number of hydrogen-bond donors (Lipinski definition) is 1. The van der Waals surface area contributed by atoms with E-state index in [1.165, 1.54) is 29.0 Å². The summed E-state index contributed by atoms with van der Waals surface area (Å²) in [5.74, 6) is 0. The van der Waals surface area contributed by atoms with Gasteiger partial charge in [-0.1, -0.05) is 0 Å². The van der Waals surface area contributed by atoms with Gasteiger partial charge in [0, 0.05) is 55.7 Å². The van der Waals surface area contributed by atoms with Gasteiger partial charge in [0.2, 0.25) is 0 Å². The summed E-state index contributed by atoms with van der Waals surface area (Å²) in [7, 11) is 2.18. The van der Waals surface area contributed by atoms with Gasteiger partial charge in [0.05, 0.1) is 5.00 Å². The van der Waals surface area contributed by atoms with Gasteiger partial charge in [0.15, 0.2) is 0 Å². The predicted molar refractivity (Wildman–Crippen MR) is 83.8 cm³/mol. The van der Waals surface area contributed by atoms with Crippen LogP contribution in [0.2, 0.25) is 0 Å². The van der Waals surface area contributed by atoms with Crippen molar-refractivity contribution in [1.29, 1.82) is 0 Å². The molecule has 1 unspecified atom stereocenters. The molecule has 1 saturated heterocycles. The Bertz CT molecular complexity index is 363. The minimum Gasteiger partial charge on any atom is -0.366 e. The molecule has 0 saturated carbocycles. The van der Waals surface area contributed by atoms with Crippen LogP contribution in [0.4, 0.5) is 5.00 Å². The molecule has 1 aliphatic heterocycles. The zero-order chi connectivity index (χ0) is 13.0. The van der Waals surface area contributed by atoms with Gasteiger partial charge >= 0.3 is 0 Å². The van der Waals surface area contributed by atoms with Crippen LogP contribution in [-0.2, 0) is 0 Å². The smallest absolute Gasteiger partial charge is 0.0917 e. The Morgan fingerprint density at radius 1 is 1.50 bits per heavy atom. The fraction of sp³-hybridized carbons (Fsp3) is 0.692. The van der Waals surface area contributed by atoms with E-state index in [0.717, 1.165) is 19.6 Å². The summed E-state index contributed by atoms with van der Waals surface area (Å²) in [6.45, 7) is 8.13. The average Bonchev–Trinajstić information content (AvgIpc) is 2.83. The van der Waals surface area contributed by atoms with Crippen LogP contribution < -0.4 is 10.2 Å². The minimum atomic E-state index is 0.679. The normalized spacial score (nSPS) is 18.8. The zero-order valence-corrected chi connectivity index (χ0v) is 13.6. The van der Waals surface area contributed by atoms with E-state index in [-0.39, 0.29) is 0 Å². The number of nitrogens with one attached hydrogen (secondary N) is 1. The van der Waals surface area contributed by atoms with E-state index < -0.39 is 0 Å². The van der Waals surface area contributed by atoms with Crippen molar-refractivity contribution in [2.45, 2.75) is 19.4 Å². The number of anilines is 1. The lowest BCUT2D eigenvalue weighted by Gasteiger charge is -2.33. The molecule has 0 radical (unpaired) electrons. The van der Waals surface area contributed by atoms with E-state index in [0.29, 0.717) is 6.04 Å². The van der Waals surface area contributed by atoms with Crippen LogP contribution in [0.3, 0.4) is 0 Å². The molecule has 0 bridgehead atoms. The minimum absolute atomic E-state index is 0.679. The van der Waals surface area contributed by atoms with Gasteiger partial charge in [-0.3, -0.25) is 4.90 Å². The van der Waals surface area contributed by atoms with Gasteiger partial charge in [0.25, 0.3) is 0 Å². The third kappa shape index (κ3) is 3.95. The Balaban J connectivity index is 1.76. The molecule has 3 nitrogen and oxygen atoms in total. The Kier molecular flexibility index (Phi) is 5.48. The van der Waals surface area contributed by atoms with Gasteiger partial charge in [-0.2, -0.15) is 0 Å². The fourth-order valence-corrected chi connectivity index (χ4v) is 3.72. The third-order valence-corrected chi connectivity index (χ3v) is 5.39. The number of halogens is 1. The van der Waals surface area contributed by atoms with Crippen molar-refractivity contribution in [3.63, 3.8) is 0 Å². The molecule has 5 heteroatoms. The second kappa shape index (κ2) is 6.89. The molecule has 1 N–H and O–H groups in total. The summed E-state index contributed by atoms with van der Waals surface area (Å²) in [5.41, 5.74) is 0. The van der Waals surface area contributed by atoms with E-state index >= 15 is 0 Å². The highest BCUT2D eigenvalue weighted by atomic mass is 79.9. The first-order chi connectivity index (χ1) is 8.66. The van der Waals surface area contributed by atoms with E-state index in [4.69, 9.17) is 0 Å². The van der Waals surface area contributed by atoms with Crippen LogP contribution in [0.15, 0.2) is 15.9 Å². The second-order valence-corrected chi connectivity index (χ2v) is 6.75. The van der Waals surface area contributed by atoms with Gasteiger partial charge in [-0.25, -0.2) is 0 Å². The lowest BCUT2D eigenvalue weighted by atomic mass is 10.1. The van der Waals surface area contributed by atoms with Crippen molar-refractivity contribution in [3.8, 4) is 0 Å². The standard InChI is InChI=1S/C13H22BrN3S/c1-11(17-7-4-15-5-8-17)3-6-16(2)13-9-12(14)10-18-13/h9-11,15H,3-8H2,1-2H3. The maximum atomic E-state index is 3.51. The quantitative estimate of drug-likeness (QED) is 0.894. The molecule has 0 aliphatic carbocycles. The molecular formula is C13H22BrN3S. The van der Waals surface area contributed by atoms with Crippen LogP contribution in [-0.4, -0.2) is 50.7 Å². The first kappa shape index (κ1) is 14.3. The molecular weight excluding hydrogens is 310 g/mol. The number of nitrogens with zero attached hydrogens (tertiary/aromatic N) is 2. The highest BCUT2D eigenvalue weighted by Crippen LogP contribution is 2.27. The zero-order valence-electron chi connectivity index (χ0n) is 11.2. The molecule has 1 fully saturated rings. The highest BCUT2D eigenvalue weighted by molar-refractivity contribution is 9.10. The molecule has 0 aromatic carbocycles. The molecule has 1 aromatic rings. The van der Waals surface area contributed by atoms with Crippen LogP contribution in [0.25, 0.3) is 0 Å². The number of thiophene rings is 1. The highest BCUT2D eigenvalue weighted by Gasteiger charge is 2.16. The van der Waals surface area contributed by atoms with Crippen LogP contribution in [0.1, 0.15) is 13.3 Å². The molecule has 0 amide bonds. The van der Waals surface area contributed by atoms with Crippen molar-refractivity contribution < 1.29 is 0 Å². The van der Waals surface area contributed by atoms with Gasteiger partial charge < -0.3 is 10.2 Å². The van der Waals surface area contributed by atoms with E-state index in [2.05, 4.69) is 56.5 Å². The number of rotatable bonds is 5. The lowest BCUT2D eigenvalue weighted by Crippen LogP contribution is -2.48. The fourth-order valence-electron chi connectivity index (χ4n) is 2.30. The van der Waals surface area contributed by atoms with Crippen LogP contribution in [0.5, 0.6) is 0 Å². The van der Waals surface area contributed by atoms with Crippen molar-refractivity contribution in [1.82, 2.24) is 10.2 Å². The third-order valence-electron chi connectivity index (χ3n) is 3.59. The maximum absolute atomic E-state index is 3.51. The number of hydrogen-bond acceptors (Lipinski definition) is 4. The average molecular weight is 332 g/mol. The largest absolute Gasteiger partial charge is 0.366 e. The number of piperazine rings is 1. The van der Waals surface area contributed by atoms with Crippen molar-refractivity contribution in [2.75, 3.05) is 44.7 Å². The molecule has 2 heterocycles. The Labute approximate surface area is 122 Å². The summed E-state index contributed by atoms with van der Waals surface area (Å²) in [6.07, 6.45) is 1.23. The summed E-state index contributed by atoms with van der Waals surface area (Å²) in [5, 5.41) is 6.89. The SMILES string of the molecule is CC(CCN(C)c1cc(Br)cs1)N1CCNCC1. The molecule has 1 atom stereocenters. The van der Waals surface area contributed by atoms with Crippen LogP contribution >= 0.6 is 27.3 Å². The lowest BCUT2D eigenvalue weighted by molar-refractivity contribution is 0.178. The van der Waals surface area contributed by atoms with Crippen molar-refractivity contribution in [3.05, 3.63) is 15.9 Å². The molecule has 102 valence electrons. The molecule has 0 spiro atoms. The maximum Gasteiger partial charge on any atom is 0.0917 e. The Hall–Kier alpha value is -0.100. The van der Waals surface area contributed by atoms with E-state index in [9.17, 15) is 0 Å².